The van der Waals surface area contributed by atoms with Gasteiger partial charge in [0.1, 0.15) is 11.5 Å². The summed E-state index contributed by atoms with van der Waals surface area (Å²) in [5, 5.41) is 1.26. The Kier molecular flexibility index (Phi) is 6.04. The molecule has 26 heavy (non-hydrogen) atoms. The molecule has 2 rings (SSSR count). The highest BCUT2D eigenvalue weighted by molar-refractivity contribution is 5.74. The van der Waals surface area contributed by atoms with Gasteiger partial charge in [0, 0.05) is 26.4 Å². The molecular formula is C17H17F3N2O4. The second kappa shape index (κ2) is 8.05. The van der Waals surface area contributed by atoms with Crippen molar-refractivity contribution < 1.29 is 32.3 Å². The van der Waals surface area contributed by atoms with Crippen LogP contribution in [-0.4, -0.2) is 36.2 Å². The van der Waals surface area contributed by atoms with Crippen LogP contribution in [0.15, 0.2) is 42.6 Å². The summed E-state index contributed by atoms with van der Waals surface area (Å²) in [6.07, 6.45) is -4.57. The molecule has 0 aliphatic rings. The van der Waals surface area contributed by atoms with Crippen molar-refractivity contribution in [1.29, 1.82) is 0 Å². The summed E-state index contributed by atoms with van der Waals surface area (Å²) in [6.45, 7) is 1.54. The SMILES string of the molecule is CC(Oc1ccc(Oc2ccc(C(F)(F)F)cn2)cc1)C(=O)ON(C)C. The predicted molar refractivity (Wildman–Crippen MR) is 85.6 cm³/mol. The molecule has 140 valence electrons. The number of alkyl halides is 3. The van der Waals surface area contributed by atoms with Crippen LogP contribution in [-0.2, 0) is 15.8 Å². The zero-order valence-corrected chi connectivity index (χ0v) is 14.3. The van der Waals surface area contributed by atoms with Gasteiger partial charge in [-0.3, -0.25) is 0 Å². The number of nitrogens with zero attached hydrogens (tertiary/aromatic N) is 2. The number of benzene rings is 1. The Balaban J connectivity index is 1.96. The summed E-state index contributed by atoms with van der Waals surface area (Å²) in [7, 11) is 3.15. The van der Waals surface area contributed by atoms with E-state index in [2.05, 4.69) is 4.98 Å². The van der Waals surface area contributed by atoms with Crippen molar-refractivity contribution in [2.24, 2.45) is 0 Å². The van der Waals surface area contributed by atoms with Crippen molar-refractivity contribution in [3.05, 3.63) is 48.2 Å². The summed E-state index contributed by atoms with van der Waals surface area (Å²) in [4.78, 5) is 20.2. The minimum atomic E-state index is -4.45. The molecule has 0 aliphatic heterocycles. The monoisotopic (exact) mass is 370 g/mol. The Labute approximate surface area is 148 Å². The molecule has 1 atom stereocenters. The third kappa shape index (κ3) is 5.62. The van der Waals surface area contributed by atoms with Gasteiger partial charge in [-0.05, 0) is 37.3 Å². The first-order chi connectivity index (χ1) is 12.1. The summed E-state index contributed by atoms with van der Waals surface area (Å²) in [6, 6.07) is 8.21. The first-order valence-electron chi connectivity index (χ1n) is 7.52. The van der Waals surface area contributed by atoms with E-state index in [4.69, 9.17) is 14.3 Å². The number of rotatable bonds is 6. The minimum Gasteiger partial charge on any atom is -0.479 e. The van der Waals surface area contributed by atoms with Gasteiger partial charge in [0.15, 0.2) is 6.10 Å². The van der Waals surface area contributed by atoms with E-state index in [9.17, 15) is 18.0 Å². The van der Waals surface area contributed by atoms with Crippen LogP contribution < -0.4 is 9.47 Å². The van der Waals surface area contributed by atoms with E-state index >= 15 is 0 Å². The zero-order valence-electron chi connectivity index (χ0n) is 14.3. The molecule has 0 N–H and O–H groups in total. The Morgan fingerprint density at radius 2 is 1.69 bits per heavy atom. The summed E-state index contributed by atoms with van der Waals surface area (Å²) < 4.78 is 48.3. The number of aromatic nitrogens is 1. The fourth-order valence-corrected chi connectivity index (χ4v) is 1.82. The highest BCUT2D eigenvalue weighted by Crippen LogP contribution is 2.30. The van der Waals surface area contributed by atoms with Crippen LogP contribution in [0.3, 0.4) is 0 Å². The molecule has 0 saturated carbocycles. The second-order valence-electron chi connectivity index (χ2n) is 5.44. The van der Waals surface area contributed by atoms with Crippen molar-refractivity contribution in [2.45, 2.75) is 19.2 Å². The lowest BCUT2D eigenvalue weighted by molar-refractivity contribution is -0.185. The average Bonchev–Trinajstić information content (AvgIpc) is 2.55. The number of hydrogen-bond acceptors (Lipinski definition) is 6. The average molecular weight is 370 g/mol. The van der Waals surface area contributed by atoms with Crippen molar-refractivity contribution in [3.8, 4) is 17.4 Å². The van der Waals surface area contributed by atoms with E-state index < -0.39 is 23.8 Å². The predicted octanol–water partition coefficient (Wildman–Crippen LogP) is 3.68. The second-order valence-corrected chi connectivity index (χ2v) is 5.44. The highest BCUT2D eigenvalue weighted by atomic mass is 19.4. The first kappa shape index (κ1) is 19.5. The lowest BCUT2D eigenvalue weighted by Crippen LogP contribution is -2.30. The quantitative estimate of drug-likeness (QED) is 0.723. The Hall–Kier alpha value is -2.81. The van der Waals surface area contributed by atoms with Gasteiger partial charge in [0.2, 0.25) is 5.88 Å². The van der Waals surface area contributed by atoms with Crippen molar-refractivity contribution >= 4 is 5.97 Å². The fraction of sp³-hybridized carbons (Fsp3) is 0.294. The van der Waals surface area contributed by atoms with E-state index in [1.54, 1.807) is 45.3 Å². The molecular weight excluding hydrogens is 353 g/mol. The van der Waals surface area contributed by atoms with Crippen LogP contribution in [0.1, 0.15) is 12.5 Å². The molecule has 1 aromatic heterocycles. The van der Waals surface area contributed by atoms with Gasteiger partial charge in [0.25, 0.3) is 0 Å². The number of hydroxylamine groups is 2. The molecule has 1 heterocycles. The van der Waals surface area contributed by atoms with E-state index in [0.717, 1.165) is 12.1 Å². The Morgan fingerprint density at radius 1 is 1.08 bits per heavy atom. The molecule has 1 aromatic carbocycles. The molecule has 9 heteroatoms. The van der Waals surface area contributed by atoms with Crippen LogP contribution in [0, 0.1) is 0 Å². The third-order valence-corrected chi connectivity index (χ3v) is 3.03. The molecule has 0 bridgehead atoms. The van der Waals surface area contributed by atoms with Crippen molar-refractivity contribution in [1.82, 2.24) is 10.0 Å². The molecule has 0 saturated heterocycles. The Bertz CT molecular complexity index is 731. The summed E-state index contributed by atoms with van der Waals surface area (Å²) >= 11 is 0. The van der Waals surface area contributed by atoms with Gasteiger partial charge in [-0.25, -0.2) is 9.78 Å². The molecule has 0 spiro atoms. The summed E-state index contributed by atoms with van der Waals surface area (Å²) in [5.74, 6) is 0.230. The number of ether oxygens (including phenoxy) is 2. The molecule has 0 amide bonds. The number of carbonyl (C=O) groups excluding carboxylic acids is 1. The molecule has 6 nitrogen and oxygen atoms in total. The van der Waals surface area contributed by atoms with Crippen LogP contribution in [0.5, 0.6) is 17.4 Å². The molecule has 0 aliphatic carbocycles. The molecule has 2 aromatic rings. The van der Waals surface area contributed by atoms with Crippen LogP contribution in [0.25, 0.3) is 0 Å². The fourth-order valence-electron chi connectivity index (χ4n) is 1.82. The maximum atomic E-state index is 12.5. The normalized spacial score (nSPS) is 12.6. The maximum Gasteiger partial charge on any atom is 0.417 e. The zero-order chi connectivity index (χ0) is 19.3. The van der Waals surface area contributed by atoms with Gasteiger partial charge < -0.3 is 14.3 Å². The highest BCUT2D eigenvalue weighted by Gasteiger charge is 2.30. The van der Waals surface area contributed by atoms with Crippen molar-refractivity contribution in [2.75, 3.05) is 14.1 Å². The Morgan fingerprint density at radius 3 is 2.19 bits per heavy atom. The van der Waals surface area contributed by atoms with E-state index in [0.29, 0.717) is 17.7 Å². The topological polar surface area (TPSA) is 60.9 Å². The van der Waals surface area contributed by atoms with Gasteiger partial charge in [-0.1, -0.05) is 0 Å². The number of halogens is 3. The lowest BCUT2D eigenvalue weighted by Gasteiger charge is -2.16. The molecule has 1 unspecified atom stereocenters. The summed E-state index contributed by atoms with van der Waals surface area (Å²) in [5.41, 5.74) is -0.854. The first-order valence-corrected chi connectivity index (χ1v) is 7.52. The van der Waals surface area contributed by atoms with Gasteiger partial charge in [0.05, 0.1) is 5.56 Å². The van der Waals surface area contributed by atoms with Crippen LogP contribution >= 0.6 is 0 Å². The maximum absolute atomic E-state index is 12.5. The minimum absolute atomic E-state index is 0.0228. The van der Waals surface area contributed by atoms with Gasteiger partial charge in [-0.2, -0.15) is 13.2 Å². The van der Waals surface area contributed by atoms with Gasteiger partial charge >= 0.3 is 12.1 Å². The van der Waals surface area contributed by atoms with E-state index in [1.807, 2.05) is 0 Å². The number of carbonyl (C=O) groups is 1. The smallest absolute Gasteiger partial charge is 0.417 e. The van der Waals surface area contributed by atoms with E-state index in [1.165, 1.54) is 5.06 Å². The van der Waals surface area contributed by atoms with Crippen LogP contribution in [0.2, 0.25) is 0 Å². The standard InChI is InChI=1S/C17H17F3N2O4/c1-11(16(23)26-22(2)3)24-13-5-7-14(8-6-13)25-15-9-4-12(10-21-15)17(18,19)20/h4-11H,1-3H3. The molecule has 0 radical (unpaired) electrons. The van der Waals surface area contributed by atoms with Crippen molar-refractivity contribution in [3.63, 3.8) is 0 Å². The third-order valence-electron chi connectivity index (χ3n) is 3.03. The largest absolute Gasteiger partial charge is 0.479 e. The number of pyridine rings is 1. The number of hydrogen-bond donors (Lipinski definition) is 0. The van der Waals surface area contributed by atoms with E-state index in [-0.39, 0.29) is 5.88 Å². The lowest BCUT2D eigenvalue weighted by atomic mass is 10.3. The van der Waals surface area contributed by atoms with Crippen LogP contribution in [0.4, 0.5) is 13.2 Å². The van der Waals surface area contributed by atoms with Gasteiger partial charge in [-0.15, -0.1) is 5.06 Å². The molecule has 0 fully saturated rings.